The van der Waals surface area contributed by atoms with Crippen molar-refractivity contribution in [1.82, 2.24) is 0 Å². The van der Waals surface area contributed by atoms with Gasteiger partial charge in [0.1, 0.15) is 4.87 Å². The maximum Gasteiger partial charge on any atom is 0.338 e. The number of nitro benzene ring substituents is 1. The molecule has 2 aromatic rings. The molecule has 1 atom stereocenters. The monoisotopic (exact) mass is 422 g/mol. The average molecular weight is 423 g/mol. The molecule has 1 unspecified atom stereocenters. The summed E-state index contributed by atoms with van der Waals surface area (Å²) in [4.78, 5) is 25.6. The van der Waals surface area contributed by atoms with Crippen LogP contribution in [-0.4, -0.2) is 22.8 Å². The predicted molar refractivity (Wildman–Crippen MR) is 119 cm³/mol. The zero-order chi connectivity index (χ0) is 21.8. The number of esters is 1. The number of carbonyl (C=O) groups excluding carboxylic acids is 1. The van der Waals surface area contributed by atoms with Crippen LogP contribution in [0.25, 0.3) is 6.08 Å². The van der Waals surface area contributed by atoms with E-state index in [4.69, 9.17) is 4.74 Å². The number of fused-ring (bicyclic) bond motifs is 2. The first-order valence-corrected chi connectivity index (χ1v) is 10.3. The summed E-state index contributed by atoms with van der Waals surface area (Å²) in [5.41, 5.74) is 2.84. The van der Waals surface area contributed by atoms with Crippen LogP contribution in [0.2, 0.25) is 0 Å². The minimum Gasteiger partial charge on any atom is -0.422 e. The summed E-state index contributed by atoms with van der Waals surface area (Å²) in [5, 5.41) is 11.4. The van der Waals surface area contributed by atoms with Crippen LogP contribution in [0, 0.1) is 10.1 Å². The SMILES string of the molecule is C=C(C)C(=O)Oc1cc([N+](=O)[O-])cc2c1SC1(C=C2)N(C)c2ccccc2C1(C)C. The van der Waals surface area contributed by atoms with E-state index in [1.165, 1.54) is 17.7 Å². The fourth-order valence-corrected chi connectivity index (χ4v) is 5.70. The van der Waals surface area contributed by atoms with E-state index in [1.807, 2.05) is 25.3 Å². The van der Waals surface area contributed by atoms with E-state index in [1.54, 1.807) is 18.7 Å². The molecule has 0 aromatic heterocycles. The summed E-state index contributed by atoms with van der Waals surface area (Å²) in [7, 11) is 2.04. The Bertz CT molecular complexity index is 1140. The van der Waals surface area contributed by atoms with Gasteiger partial charge < -0.3 is 9.64 Å². The van der Waals surface area contributed by atoms with E-state index >= 15 is 0 Å². The van der Waals surface area contributed by atoms with Gasteiger partial charge in [-0.15, -0.1) is 0 Å². The number of likely N-dealkylation sites (N-methyl/N-ethyl adjacent to an activating group) is 1. The van der Waals surface area contributed by atoms with Gasteiger partial charge in [-0.1, -0.05) is 56.5 Å². The molecule has 0 saturated heterocycles. The fourth-order valence-electron chi connectivity index (χ4n) is 4.20. The Morgan fingerprint density at radius 2 is 1.97 bits per heavy atom. The predicted octanol–water partition coefficient (Wildman–Crippen LogP) is 5.32. The largest absolute Gasteiger partial charge is 0.422 e. The van der Waals surface area contributed by atoms with Gasteiger partial charge in [0.2, 0.25) is 0 Å². The van der Waals surface area contributed by atoms with Crippen molar-refractivity contribution in [3.05, 3.63) is 75.9 Å². The number of para-hydroxylation sites is 1. The number of rotatable bonds is 3. The van der Waals surface area contributed by atoms with Gasteiger partial charge in [-0.05, 0) is 30.2 Å². The Morgan fingerprint density at radius 1 is 1.27 bits per heavy atom. The van der Waals surface area contributed by atoms with Crippen molar-refractivity contribution in [2.75, 3.05) is 11.9 Å². The Morgan fingerprint density at radius 3 is 2.60 bits per heavy atom. The van der Waals surface area contributed by atoms with Crippen LogP contribution < -0.4 is 9.64 Å². The van der Waals surface area contributed by atoms with Crippen LogP contribution in [0.5, 0.6) is 5.75 Å². The second kappa shape index (κ2) is 6.74. The molecule has 1 spiro atoms. The number of nitro groups is 1. The molecule has 0 fully saturated rings. The molecule has 154 valence electrons. The summed E-state index contributed by atoms with van der Waals surface area (Å²) in [6.45, 7) is 9.53. The number of benzene rings is 2. The maximum atomic E-state index is 12.2. The van der Waals surface area contributed by atoms with Crippen LogP contribution in [0.4, 0.5) is 11.4 Å². The zero-order valence-electron chi connectivity index (χ0n) is 17.3. The Kier molecular flexibility index (Phi) is 4.54. The van der Waals surface area contributed by atoms with Crippen LogP contribution >= 0.6 is 11.8 Å². The van der Waals surface area contributed by atoms with Gasteiger partial charge in [-0.2, -0.15) is 0 Å². The highest BCUT2D eigenvalue weighted by molar-refractivity contribution is 8.01. The number of hydrogen-bond donors (Lipinski definition) is 0. The topological polar surface area (TPSA) is 72.7 Å². The first kappa shape index (κ1) is 20.2. The summed E-state index contributed by atoms with van der Waals surface area (Å²) in [6.07, 6.45) is 3.98. The van der Waals surface area contributed by atoms with E-state index in [0.29, 0.717) is 10.5 Å². The molecule has 6 nitrogen and oxygen atoms in total. The van der Waals surface area contributed by atoms with Crippen molar-refractivity contribution < 1.29 is 14.5 Å². The highest BCUT2D eigenvalue weighted by atomic mass is 32.2. The normalized spacial score (nSPS) is 20.6. The van der Waals surface area contributed by atoms with Crippen molar-refractivity contribution in [3.8, 4) is 5.75 Å². The fraction of sp³-hybridized carbons (Fsp3) is 0.261. The lowest BCUT2D eigenvalue weighted by atomic mass is 9.79. The Balaban J connectivity index is 1.88. The minimum absolute atomic E-state index is 0.123. The molecular weight excluding hydrogens is 400 g/mol. The third-order valence-corrected chi connectivity index (χ3v) is 7.78. The van der Waals surface area contributed by atoms with Crippen LogP contribution in [0.3, 0.4) is 0 Å². The van der Waals surface area contributed by atoms with Crippen LogP contribution in [0.1, 0.15) is 31.9 Å². The molecule has 0 amide bonds. The minimum atomic E-state index is -0.607. The van der Waals surface area contributed by atoms with Crippen molar-refractivity contribution in [3.63, 3.8) is 0 Å². The molecule has 2 aliphatic rings. The van der Waals surface area contributed by atoms with Gasteiger partial charge in [-0.3, -0.25) is 10.1 Å². The third kappa shape index (κ3) is 2.76. The Labute approximate surface area is 179 Å². The standard InChI is InChI=1S/C23H22N2O4S/c1-14(2)21(26)29-19-13-16(25(27)28)12-15-10-11-23(30-20(15)19)22(3,4)17-8-6-7-9-18(17)24(23)5/h6-13H,1H2,2-5H3. The third-order valence-electron chi connectivity index (χ3n) is 5.91. The maximum absolute atomic E-state index is 12.2. The molecule has 2 heterocycles. The second-order valence-corrected chi connectivity index (χ2v) is 9.36. The van der Waals surface area contributed by atoms with E-state index < -0.39 is 15.8 Å². The first-order valence-electron chi connectivity index (χ1n) is 9.50. The van der Waals surface area contributed by atoms with E-state index in [2.05, 4.69) is 43.5 Å². The number of thioether (sulfide) groups is 1. The molecule has 7 heteroatoms. The van der Waals surface area contributed by atoms with Gasteiger partial charge in [0, 0.05) is 29.8 Å². The molecule has 2 aliphatic heterocycles. The quantitative estimate of drug-likeness (QED) is 0.219. The zero-order valence-corrected chi connectivity index (χ0v) is 18.1. The summed E-state index contributed by atoms with van der Waals surface area (Å²) < 4.78 is 5.53. The van der Waals surface area contributed by atoms with E-state index in [9.17, 15) is 14.9 Å². The molecule has 2 aromatic carbocycles. The van der Waals surface area contributed by atoms with Gasteiger partial charge in [0.15, 0.2) is 5.75 Å². The molecule has 30 heavy (non-hydrogen) atoms. The molecule has 0 radical (unpaired) electrons. The van der Waals surface area contributed by atoms with Gasteiger partial charge in [0.25, 0.3) is 5.69 Å². The van der Waals surface area contributed by atoms with Gasteiger partial charge >= 0.3 is 5.97 Å². The molecule has 0 N–H and O–H groups in total. The smallest absolute Gasteiger partial charge is 0.338 e. The highest BCUT2D eigenvalue weighted by Gasteiger charge is 2.56. The molecule has 0 aliphatic carbocycles. The molecule has 0 bridgehead atoms. The molecule has 0 saturated carbocycles. The Hall–Kier alpha value is -3.06. The number of hydrogen-bond acceptors (Lipinski definition) is 6. The molecule has 4 rings (SSSR count). The van der Waals surface area contributed by atoms with E-state index in [0.717, 1.165) is 5.69 Å². The van der Waals surface area contributed by atoms with Crippen LogP contribution in [0.15, 0.2) is 59.5 Å². The number of carbonyl (C=O) groups is 1. The van der Waals surface area contributed by atoms with Gasteiger partial charge in [0.05, 0.1) is 15.9 Å². The van der Waals surface area contributed by atoms with Gasteiger partial charge in [-0.25, -0.2) is 4.79 Å². The number of anilines is 1. The van der Waals surface area contributed by atoms with E-state index in [-0.39, 0.29) is 22.4 Å². The lowest BCUT2D eigenvalue weighted by Gasteiger charge is -2.45. The summed E-state index contributed by atoms with van der Waals surface area (Å²) >= 11 is 1.55. The summed E-state index contributed by atoms with van der Waals surface area (Å²) in [6, 6.07) is 11.1. The van der Waals surface area contributed by atoms with Crippen LogP contribution in [-0.2, 0) is 10.2 Å². The first-order chi connectivity index (χ1) is 14.1. The molecular formula is C23H22N2O4S. The number of ether oxygens (including phenoxy) is 1. The van der Waals surface area contributed by atoms with Crippen molar-refractivity contribution in [2.24, 2.45) is 0 Å². The van der Waals surface area contributed by atoms with Crippen molar-refractivity contribution >= 4 is 35.2 Å². The highest BCUT2D eigenvalue weighted by Crippen LogP contribution is 2.61. The van der Waals surface area contributed by atoms with Crippen molar-refractivity contribution in [2.45, 2.75) is 36.0 Å². The number of nitrogens with zero attached hydrogens (tertiary/aromatic N) is 2. The lowest BCUT2D eigenvalue weighted by Crippen LogP contribution is -2.50. The second-order valence-electron chi connectivity index (χ2n) is 8.12. The average Bonchev–Trinajstić information content (AvgIpc) is 2.87. The lowest BCUT2D eigenvalue weighted by molar-refractivity contribution is -0.385. The number of non-ortho nitro benzene ring substituents is 1. The van der Waals surface area contributed by atoms with Crippen molar-refractivity contribution in [1.29, 1.82) is 0 Å². The summed E-state index contributed by atoms with van der Waals surface area (Å²) in [5.74, 6) is -0.426.